The third kappa shape index (κ3) is 5.92. The zero-order valence-electron chi connectivity index (χ0n) is 16.2. The molecule has 0 unspecified atom stereocenters. The van der Waals surface area contributed by atoms with Crippen molar-refractivity contribution >= 4 is 29.3 Å². The van der Waals surface area contributed by atoms with Crippen molar-refractivity contribution in [3.8, 4) is 0 Å². The molecule has 0 radical (unpaired) electrons. The van der Waals surface area contributed by atoms with Gasteiger partial charge in [-0.2, -0.15) is 0 Å². The van der Waals surface area contributed by atoms with Gasteiger partial charge in [0, 0.05) is 0 Å². The zero-order chi connectivity index (χ0) is 20.6. The lowest BCUT2D eigenvalue weighted by atomic mass is 10.1. The minimum Gasteiger partial charge on any atom is -0.462 e. The molecule has 0 saturated heterocycles. The molecule has 0 aliphatic carbocycles. The number of aromatic nitrogens is 2. The number of para-hydroxylation sites is 1. The van der Waals surface area contributed by atoms with Gasteiger partial charge in [0.25, 0.3) is 5.22 Å². The second-order valence-electron chi connectivity index (χ2n) is 6.23. The number of benzene rings is 2. The first kappa shape index (κ1) is 20.6. The van der Waals surface area contributed by atoms with Crippen LogP contribution >= 0.6 is 11.8 Å². The Labute approximate surface area is 172 Å². The summed E-state index contributed by atoms with van der Waals surface area (Å²) in [5.41, 5.74) is 2.98. The van der Waals surface area contributed by atoms with Crippen molar-refractivity contribution in [3.63, 3.8) is 0 Å². The Morgan fingerprint density at radius 2 is 1.86 bits per heavy atom. The normalized spacial score (nSPS) is 10.6. The van der Waals surface area contributed by atoms with E-state index in [1.807, 2.05) is 31.2 Å². The Balaban J connectivity index is 1.54. The summed E-state index contributed by atoms with van der Waals surface area (Å²) >= 11 is 1.14. The molecule has 1 amide bonds. The second kappa shape index (κ2) is 9.88. The van der Waals surface area contributed by atoms with Crippen LogP contribution in [0, 0.1) is 6.92 Å². The number of carbonyl (C=O) groups is 2. The lowest BCUT2D eigenvalue weighted by molar-refractivity contribution is -0.113. The molecule has 0 fully saturated rings. The van der Waals surface area contributed by atoms with E-state index >= 15 is 0 Å². The van der Waals surface area contributed by atoms with Crippen LogP contribution in [0.2, 0.25) is 0 Å². The highest BCUT2D eigenvalue weighted by atomic mass is 32.2. The van der Waals surface area contributed by atoms with Gasteiger partial charge in [0.2, 0.25) is 11.8 Å². The summed E-state index contributed by atoms with van der Waals surface area (Å²) in [6, 6.07) is 14.8. The molecule has 150 valence electrons. The molecule has 0 spiro atoms. The van der Waals surface area contributed by atoms with Gasteiger partial charge in [-0.3, -0.25) is 4.79 Å². The van der Waals surface area contributed by atoms with Crippen molar-refractivity contribution in [1.29, 1.82) is 0 Å². The number of carbonyl (C=O) groups excluding carboxylic acids is 2. The summed E-state index contributed by atoms with van der Waals surface area (Å²) in [4.78, 5) is 24.3. The van der Waals surface area contributed by atoms with Gasteiger partial charge in [-0.15, -0.1) is 10.2 Å². The van der Waals surface area contributed by atoms with Crippen molar-refractivity contribution in [2.75, 3.05) is 17.7 Å². The Morgan fingerprint density at radius 3 is 2.62 bits per heavy atom. The van der Waals surface area contributed by atoms with E-state index in [0.29, 0.717) is 28.8 Å². The van der Waals surface area contributed by atoms with Crippen LogP contribution in [0.1, 0.15) is 34.3 Å². The van der Waals surface area contributed by atoms with Crippen molar-refractivity contribution < 1.29 is 18.7 Å². The highest BCUT2D eigenvalue weighted by molar-refractivity contribution is 7.99. The molecule has 0 aliphatic rings. The fraction of sp³-hybridized carbons (Fsp3) is 0.238. The van der Waals surface area contributed by atoms with Crippen LogP contribution in [0.3, 0.4) is 0 Å². The van der Waals surface area contributed by atoms with E-state index in [9.17, 15) is 9.59 Å². The van der Waals surface area contributed by atoms with E-state index in [1.54, 1.807) is 31.2 Å². The number of thioether (sulfide) groups is 1. The summed E-state index contributed by atoms with van der Waals surface area (Å²) in [5.74, 6) is -0.202. The zero-order valence-corrected chi connectivity index (χ0v) is 17.0. The van der Waals surface area contributed by atoms with E-state index in [1.165, 1.54) is 5.56 Å². The fourth-order valence-electron chi connectivity index (χ4n) is 2.54. The van der Waals surface area contributed by atoms with Gasteiger partial charge in [0.05, 0.1) is 30.0 Å². The predicted molar refractivity (Wildman–Crippen MR) is 110 cm³/mol. The standard InChI is InChI=1S/C21H21N3O4S/c1-3-27-20(26)16-6-4-5-7-17(16)22-18(25)13-29-21-24-23-19(28-21)12-15-10-8-14(2)9-11-15/h4-11H,3,12-13H2,1-2H3,(H,22,25). The number of ether oxygens (including phenoxy) is 1. The topological polar surface area (TPSA) is 94.3 Å². The molecule has 3 aromatic rings. The van der Waals surface area contributed by atoms with Crippen LogP contribution in [0.5, 0.6) is 0 Å². The quantitative estimate of drug-likeness (QED) is 0.444. The third-order valence-corrected chi connectivity index (χ3v) is 4.77. The number of hydrogen-bond acceptors (Lipinski definition) is 7. The first-order valence-corrected chi connectivity index (χ1v) is 10.1. The fourth-order valence-corrected chi connectivity index (χ4v) is 3.12. The number of rotatable bonds is 8. The summed E-state index contributed by atoms with van der Waals surface area (Å²) in [5, 5.41) is 11.0. The Bertz CT molecular complexity index is 986. The van der Waals surface area contributed by atoms with E-state index in [0.717, 1.165) is 17.3 Å². The maximum absolute atomic E-state index is 12.3. The predicted octanol–water partition coefficient (Wildman–Crippen LogP) is 3.88. The second-order valence-corrected chi connectivity index (χ2v) is 7.15. The van der Waals surface area contributed by atoms with Gasteiger partial charge in [-0.1, -0.05) is 53.7 Å². The molecule has 2 aromatic carbocycles. The van der Waals surface area contributed by atoms with Gasteiger partial charge < -0.3 is 14.5 Å². The molecule has 1 N–H and O–H groups in total. The van der Waals surface area contributed by atoms with Gasteiger partial charge in [0.1, 0.15) is 0 Å². The number of hydrogen-bond donors (Lipinski definition) is 1. The molecule has 0 saturated carbocycles. The van der Waals surface area contributed by atoms with Gasteiger partial charge in [-0.05, 0) is 31.5 Å². The first-order chi connectivity index (χ1) is 14.0. The van der Waals surface area contributed by atoms with Crippen LogP contribution < -0.4 is 5.32 Å². The number of nitrogens with zero attached hydrogens (tertiary/aromatic N) is 2. The number of amides is 1. The monoisotopic (exact) mass is 411 g/mol. The third-order valence-electron chi connectivity index (χ3n) is 3.95. The van der Waals surface area contributed by atoms with Gasteiger partial charge in [-0.25, -0.2) is 4.79 Å². The SMILES string of the molecule is CCOC(=O)c1ccccc1NC(=O)CSc1nnc(Cc2ccc(C)cc2)o1. The molecule has 29 heavy (non-hydrogen) atoms. The van der Waals surface area contributed by atoms with Crippen molar-refractivity contribution in [3.05, 3.63) is 71.1 Å². The summed E-state index contributed by atoms with van der Waals surface area (Å²) in [6.07, 6.45) is 0.535. The highest BCUT2D eigenvalue weighted by Crippen LogP contribution is 2.20. The van der Waals surface area contributed by atoms with Crippen molar-refractivity contribution in [1.82, 2.24) is 10.2 Å². The highest BCUT2D eigenvalue weighted by Gasteiger charge is 2.15. The molecule has 0 bridgehead atoms. The number of anilines is 1. The number of nitrogens with one attached hydrogen (secondary N) is 1. The average molecular weight is 411 g/mol. The Morgan fingerprint density at radius 1 is 1.10 bits per heavy atom. The van der Waals surface area contributed by atoms with E-state index in [4.69, 9.17) is 9.15 Å². The minimum atomic E-state index is -0.478. The molecule has 8 heteroatoms. The molecule has 0 atom stereocenters. The van der Waals surface area contributed by atoms with E-state index < -0.39 is 5.97 Å². The van der Waals surface area contributed by atoms with Crippen molar-refractivity contribution in [2.24, 2.45) is 0 Å². The van der Waals surface area contributed by atoms with Gasteiger partial charge in [0.15, 0.2) is 0 Å². The van der Waals surface area contributed by atoms with Crippen LogP contribution in [-0.4, -0.2) is 34.4 Å². The molecule has 0 aliphatic heterocycles. The molecule has 1 aromatic heterocycles. The maximum atomic E-state index is 12.3. The number of esters is 1. The minimum absolute atomic E-state index is 0.0727. The van der Waals surface area contributed by atoms with Crippen LogP contribution in [0.4, 0.5) is 5.69 Å². The van der Waals surface area contributed by atoms with Crippen LogP contribution in [-0.2, 0) is 16.0 Å². The molecule has 1 heterocycles. The molecular weight excluding hydrogens is 390 g/mol. The lowest BCUT2D eigenvalue weighted by Gasteiger charge is -2.09. The lowest BCUT2D eigenvalue weighted by Crippen LogP contribution is -2.17. The van der Waals surface area contributed by atoms with Crippen molar-refractivity contribution in [2.45, 2.75) is 25.5 Å². The summed E-state index contributed by atoms with van der Waals surface area (Å²) < 4.78 is 10.6. The Hall–Kier alpha value is -3.13. The summed E-state index contributed by atoms with van der Waals surface area (Å²) in [6.45, 7) is 4.02. The number of aryl methyl sites for hydroxylation is 1. The first-order valence-electron chi connectivity index (χ1n) is 9.12. The largest absolute Gasteiger partial charge is 0.462 e. The van der Waals surface area contributed by atoms with Gasteiger partial charge >= 0.3 is 5.97 Å². The molecule has 3 rings (SSSR count). The smallest absolute Gasteiger partial charge is 0.340 e. The molecule has 7 nitrogen and oxygen atoms in total. The molecular formula is C21H21N3O4S. The van der Waals surface area contributed by atoms with E-state index in [-0.39, 0.29) is 18.3 Å². The Kier molecular flexibility index (Phi) is 7.02. The maximum Gasteiger partial charge on any atom is 0.340 e. The summed E-state index contributed by atoms with van der Waals surface area (Å²) in [7, 11) is 0. The average Bonchev–Trinajstić information content (AvgIpc) is 3.16. The van der Waals surface area contributed by atoms with Crippen LogP contribution in [0.25, 0.3) is 0 Å². The van der Waals surface area contributed by atoms with E-state index in [2.05, 4.69) is 15.5 Å². The van der Waals surface area contributed by atoms with Crippen LogP contribution in [0.15, 0.2) is 58.2 Å².